The number of nitriles is 1. The van der Waals surface area contributed by atoms with E-state index < -0.39 is 0 Å². The molecule has 9 aromatic carbocycles. The second-order valence-corrected chi connectivity index (χ2v) is 17.1. The molecular weight excluding hydrogens is 869 g/mol. The van der Waals surface area contributed by atoms with E-state index in [1.165, 1.54) is 0 Å². The molecular formula is C63H38N8. The molecule has 12 aromatic rings. The van der Waals surface area contributed by atoms with E-state index in [0.717, 1.165) is 94.5 Å². The van der Waals surface area contributed by atoms with Crippen molar-refractivity contribution >= 4 is 27.5 Å². The molecule has 3 heterocycles. The van der Waals surface area contributed by atoms with E-state index in [1.807, 2.05) is 152 Å². The molecule has 0 spiro atoms. The molecule has 8 nitrogen and oxygen atoms in total. The molecule has 12 rings (SSSR count). The second kappa shape index (κ2) is 18.2. The van der Waals surface area contributed by atoms with Crippen molar-refractivity contribution in [2.24, 2.45) is 0 Å². The van der Waals surface area contributed by atoms with Gasteiger partial charge in [0.2, 0.25) is 0 Å². The Morgan fingerprint density at radius 3 is 1.42 bits per heavy atom. The van der Waals surface area contributed by atoms with E-state index in [-0.39, 0.29) is 0 Å². The standard InChI is InChI=1S/C63H38N8/c1-65-50-29-17-28-47(35-50)53-38-49(63-66-55(42-19-6-2-7-20-42)39-56(67-63)43-21-8-3-9-22-43)37-52(46-27-16-18-41(34-46)40-64)59(53)71-57-31-15-14-30-51(57)54-36-48(32-33-58(54)71)62-69-60(44-23-10-4-11-24-44)68-61(70-62)45-25-12-5-13-26-45/h2-39H. The van der Waals surface area contributed by atoms with Crippen LogP contribution < -0.4 is 0 Å². The van der Waals surface area contributed by atoms with Gasteiger partial charge in [0.1, 0.15) is 0 Å². The first-order chi connectivity index (χ1) is 35.1. The molecule has 0 aliphatic carbocycles. The molecule has 330 valence electrons. The van der Waals surface area contributed by atoms with E-state index in [1.54, 1.807) is 0 Å². The Hall–Kier alpha value is -10.2. The van der Waals surface area contributed by atoms with Gasteiger partial charge in [0.15, 0.2) is 29.0 Å². The third kappa shape index (κ3) is 8.04. The number of aromatic nitrogens is 6. The zero-order valence-corrected chi connectivity index (χ0v) is 38.0. The molecule has 0 bridgehead atoms. The molecule has 3 aromatic heterocycles. The number of benzene rings is 9. The highest BCUT2D eigenvalue weighted by molar-refractivity contribution is 6.12. The minimum atomic E-state index is 0.509. The Morgan fingerprint density at radius 2 is 0.845 bits per heavy atom. The van der Waals surface area contributed by atoms with Gasteiger partial charge in [-0.1, -0.05) is 170 Å². The van der Waals surface area contributed by atoms with Crippen LogP contribution in [-0.2, 0) is 0 Å². The minimum Gasteiger partial charge on any atom is -0.308 e. The van der Waals surface area contributed by atoms with Crippen LogP contribution in [0.5, 0.6) is 0 Å². The molecule has 0 amide bonds. The third-order valence-corrected chi connectivity index (χ3v) is 12.7. The zero-order chi connectivity index (χ0) is 47.7. The Balaban J connectivity index is 1.15. The number of hydrogen-bond acceptors (Lipinski definition) is 6. The summed E-state index contributed by atoms with van der Waals surface area (Å²) < 4.78 is 2.31. The van der Waals surface area contributed by atoms with Gasteiger partial charge in [0.25, 0.3) is 0 Å². The van der Waals surface area contributed by atoms with Crippen LogP contribution in [0.25, 0.3) is 123 Å². The number of fused-ring (bicyclic) bond motifs is 3. The fraction of sp³-hybridized carbons (Fsp3) is 0. The Bertz CT molecular complexity index is 3870. The lowest BCUT2D eigenvalue weighted by Gasteiger charge is -2.21. The predicted octanol–water partition coefficient (Wildman–Crippen LogP) is 15.5. The van der Waals surface area contributed by atoms with Crippen LogP contribution in [0.2, 0.25) is 0 Å². The van der Waals surface area contributed by atoms with Crippen LogP contribution in [0.3, 0.4) is 0 Å². The molecule has 0 N–H and O–H groups in total. The highest BCUT2D eigenvalue weighted by Crippen LogP contribution is 2.45. The summed E-state index contributed by atoms with van der Waals surface area (Å²) in [6.45, 7) is 8.09. The van der Waals surface area contributed by atoms with Gasteiger partial charge in [-0.25, -0.2) is 29.8 Å². The van der Waals surface area contributed by atoms with Crippen LogP contribution in [0, 0.1) is 17.9 Å². The molecule has 0 radical (unpaired) electrons. The lowest BCUT2D eigenvalue weighted by molar-refractivity contribution is 1.07. The van der Waals surface area contributed by atoms with Crippen LogP contribution in [0.15, 0.2) is 231 Å². The molecule has 0 saturated heterocycles. The summed E-state index contributed by atoms with van der Waals surface area (Å²) in [6.07, 6.45) is 0. The van der Waals surface area contributed by atoms with E-state index >= 15 is 0 Å². The van der Waals surface area contributed by atoms with Crippen molar-refractivity contribution in [3.05, 3.63) is 248 Å². The van der Waals surface area contributed by atoms with Gasteiger partial charge in [-0.05, 0) is 71.8 Å². The summed E-state index contributed by atoms with van der Waals surface area (Å²) in [6, 6.07) is 79.2. The molecule has 0 fully saturated rings. The first-order valence-electron chi connectivity index (χ1n) is 23.2. The van der Waals surface area contributed by atoms with Crippen molar-refractivity contribution in [3.8, 4) is 102 Å². The fourth-order valence-corrected chi connectivity index (χ4v) is 9.32. The summed E-state index contributed by atoms with van der Waals surface area (Å²) in [7, 11) is 0. The predicted molar refractivity (Wildman–Crippen MR) is 284 cm³/mol. The van der Waals surface area contributed by atoms with Crippen molar-refractivity contribution in [2.75, 3.05) is 0 Å². The van der Waals surface area contributed by atoms with Crippen LogP contribution in [0.4, 0.5) is 5.69 Å². The van der Waals surface area contributed by atoms with Gasteiger partial charge >= 0.3 is 0 Å². The van der Waals surface area contributed by atoms with Crippen molar-refractivity contribution < 1.29 is 0 Å². The van der Waals surface area contributed by atoms with Crippen LogP contribution in [-0.4, -0.2) is 29.5 Å². The van der Waals surface area contributed by atoms with E-state index in [0.29, 0.717) is 34.5 Å². The lowest BCUT2D eigenvalue weighted by atomic mass is 9.91. The molecule has 71 heavy (non-hydrogen) atoms. The SMILES string of the molecule is [C-]#[N+]c1cccc(-c2cc(-c3nc(-c4ccccc4)cc(-c4ccccc4)n3)cc(-c3cccc(C#N)c3)c2-n2c3ccccc3c3cc(-c4nc(-c5ccccc5)nc(-c5ccccc5)n4)ccc32)c1. The van der Waals surface area contributed by atoms with Gasteiger partial charge < -0.3 is 4.57 Å². The maximum absolute atomic E-state index is 10.3. The normalized spacial score (nSPS) is 11.1. The van der Waals surface area contributed by atoms with Gasteiger partial charge in [-0.2, -0.15) is 5.26 Å². The molecule has 0 unspecified atom stereocenters. The maximum atomic E-state index is 10.3. The summed E-state index contributed by atoms with van der Waals surface area (Å²) >= 11 is 0. The summed E-state index contributed by atoms with van der Waals surface area (Å²) in [4.78, 5) is 29.6. The molecule has 8 heteroatoms. The lowest BCUT2D eigenvalue weighted by Crippen LogP contribution is -2.03. The number of nitrogens with zero attached hydrogens (tertiary/aromatic N) is 8. The van der Waals surface area contributed by atoms with E-state index in [9.17, 15) is 5.26 Å². The largest absolute Gasteiger partial charge is 0.308 e. The second-order valence-electron chi connectivity index (χ2n) is 17.1. The minimum absolute atomic E-state index is 0.509. The molecule has 0 aliphatic rings. The van der Waals surface area contributed by atoms with Gasteiger partial charge in [0.05, 0.1) is 46.3 Å². The highest BCUT2D eigenvalue weighted by Gasteiger charge is 2.24. The monoisotopic (exact) mass is 906 g/mol. The quantitative estimate of drug-likeness (QED) is 0.134. The molecule has 0 saturated carbocycles. The Labute approximate surface area is 410 Å². The van der Waals surface area contributed by atoms with Crippen molar-refractivity contribution in [3.63, 3.8) is 0 Å². The summed E-state index contributed by atoms with van der Waals surface area (Å²) in [5.41, 5.74) is 14.1. The zero-order valence-electron chi connectivity index (χ0n) is 38.0. The van der Waals surface area contributed by atoms with Gasteiger partial charge in [-0.3, -0.25) is 0 Å². The van der Waals surface area contributed by atoms with Gasteiger partial charge in [-0.15, -0.1) is 0 Å². The summed E-state index contributed by atoms with van der Waals surface area (Å²) in [5, 5.41) is 12.3. The fourth-order valence-electron chi connectivity index (χ4n) is 9.32. The van der Waals surface area contributed by atoms with Gasteiger partial charge in [0, 0.05) is 55.3 Å². The highest BCUT2D eigenvalue weighted by atomic mass is 15.0. The smallest absolute Gasteiger partial charge is 0.187 e. The first-order valence-corrected chi connectivity index (χ1v) is 23.2. The molecule has 0 atom stereocenters. The Morgan fingerprint density at radius 1 is 0.366 bits per heavy atom. The van der Waals surface area contributed by atoms with Crippen molar-refractivity contribution in [2.45, 2.75) is 0 Å². The van der Waals surface area contributed by atoms with Crippen molar-refractivity contribution in [1.29, 1.82) is 5.26 Å². The number of para-hydroxylation sites is 1. The Kier molecular flexibility index (Phi) is 10.8. The topological polar surface area (TPSA) is 97.5 Å². The number of hydrogen-bond donors (Lipinski definition) is 0. The molecule has 0 aliphatic heterocycles. The van der Waals surface area contributed by atoms with E-state index in [2.05, 4.69) is 94.3 Å². The number of rotatable bonds is 9. The first kappa shape index (κ1) is 42.2. The third-order valence-electron chi connectivity index (χ3n) is 12.7. The van der Waals surface area contributed by atoms with E-state index in [4.69, 9.17) is 31.5 Å². The van der Waals surface area contributed by atoms with Crippen molar-refractivity contribution in [1.82, 2.24) is 29.5 Å². The maximum Gasteiger partial charge on any atom is 0.187 e. The summed E-state index contributed by atoms with van der Waals surface area (Å²) in [5.74, 6) is 2.26. The average molecular weight is 907 g/mol. The van der Waals surface area contributed by atoms with Crippen LogP contribution in [0.1, 0.15) is 5.56 Å². The van der Waals surface area contributed by atoms with Crippen LogP contribution >= 0.6 is 0 Å². The average Bonchev–Trinajstić information content (AvgIpc) is 3.78.